The number of hydrogen-bond acceptors (Lipinski definition) is 2. The van der Waals surface area contributed by atoms with E-state index in [1.165, 1.54) is 12.1 Å². The molecule has 2 nitrogen and oxygen atoms in total. The van der Waals surface area contributed by atoms with Gasteiger partial charge in [-0.25, -0.2) is 4.39 Å². The maximum absolute atomic E-state index is 13.0. The van der Waals surface area contributed by atoms with E-state index in [4.69, 9.17) is 0 Å². The number of allylic oxidation sites excluding steroid dienone is 4. The smallest absolute Gasteiger partial charge is 0.158 e. The van der Waals surface area contributed by atoms with Crippen LogP contribution in [-0.2, 0) is 4.79 Å². The van der Waals surface area contributed by atoms with Gasteiger partial charge in [-0.1, -0.05) is 18.2 Å². The van der Waals surface area contributed by atoms with E-state index in [1.54, 1.807) is 19.1 Å². The summed E-state index contributed by atoms with van der Waals surface area (Å²) in [7, 11) is 1.95. The molecule has 0 saturated carbocycles. The number of hydrogen-bond donors (Lipinski definition) is 0. The number of carbonyl (C=O) groups excluding carboxylic acids is 1. The van der Waals surface area contributed by atoms with Gasteiger partial charge in [0.1, 0.15) is 5.82 Å². The second kappa shape index (κ2) is 5.00. The molecule has 1 unspecified atom stereocenters. The van der Waals surface area contributed by atoms with Crippen LogP contribution in [0.25, 0.3) is 0 Å². The number of benzene rings is 1. The maximum atomic E-state index is 13.0. The van der Waals surface area contributed by atoms with Crippen LogP contribution in [0.1, 0.15) is 32.3 Å². The molecule has 0 aliphatic carbocycles. The standard InChI is InChI=1S/C16H18FNO/c1-10-9-15(13-5-7-14(17)8-6-13)16(12(3)19)11(2)18(10)4/h5-9,15H,1-4H3. The Labute approximate surface area is 113 Å². The summed E-state index contributed by atoms with van der Waals surface area (Å²) in [5, 5.41) is 0. The summed E-state index contributed by atoms with van der Waals surface area (Å²) >= 11 is 0. The third-order valence-electron chi connectivity index (χ3n) is 3.75. The van der Waals surface area contributed by atoms with Crippen LogP contribution in [0.5, 0.6) is 0 Å². The molecule has 0 fully saturated rings. The first-order valence-corrected chi connectivity index (χ1v) is 6.31. The van der Waals surface area contributed by atoms with Crippen molar-refractivity contribution in [1.29, 1.82) is 0 Å². The Balaban J connectivity index is 2.53. The fourth-order valence-corrected chi connectivity index (χ4v) is 2.51. The molecule has 2 rings (SSSR count). The van der Waals surface area contributed by atoms with Crippen molar-refractivity contribution in [1.82, 2.24) is 4.90 Å². The van der Waals surface area contributed by atoms with Crippen molar-refractivity contribution in [3.05, 3.63) is 58.7 Å². The highest BCUT2D eigenvalue weighted by Crippen LogP contribution is 2.35. The highest BCUT2D eigenvalue weighted by atomic mass is 19.1. The largest absolute Gasteiger partial charge is 0.352 e. The van der Waals surface area contributed by atoms with E-state index in [-0.39, 0.29) is 17.5 Å². The lowest BCUT2D eigenvalue weighted by Crippen LogP contribution is -2.25. The second-order valence-electron chi connectivity index (χ2n) is 4.95. The number of rotatable bonds is 2. The number of carbonyl (C=O) groups is 1. The summed E-state index contributed by atoms with van der Waals surface area (Å²) in [5.41, 5.74) is 3.77. The zero-order valence-electron chi connectivity index (χ0n) is 11.7. The Morgan fingerprint density at radius 2 is 1.79 bits per heavy atom. The predicted octanol–water partition coefficient (Wildman–Crippen LogP) is 3.62. The third kappa shape index (κ3) is 2.46. The van der Waals surface area contributed by atoms with Crippen molar-refractivity contribution in [2.75, 3.05) is 7.05 Å². The Kier molecular flexibility index (Phi) is 3.56. The molecular weight excluding hydrogens is 241 g/mol. The maximum Gasteiger partial charge on any atom is 0.158 e. The van der Waals surface area contributed by atoms with Gasteiger partial charge in [-0.05, 0) is 38.5 Å². The molecule has 19 heavy (non-hydrogen) atoms. The van der Waals surface area contributed by atoms with Crippen LogP contribution in [0.3, 0.4) is 0 Å². The summed E-state index contributed by atoms with van der Waals surface area (Å²) in [6.07, 6.45) is 2.05. The van der Waals surface area contributed by atoms with Crippen molar-refractivity contribution in [3.8, 4) is 0 Å². The van der Waals surface area contributed by atoms with E-state index in [0.29, 0.717) is 0 Å². The lowest BCUT2D eigenvalue weighted by molar-refractivity contribution is -0.114. The number of ketones is 1. The molecule has 0 spiro atoms. The van der Waals surface area contributed by atoms with Crippen LogP contribution in [0, 0.1) is 5.82 Å². The second-order valence-corrected chi connectivity index (χ2v) is 4.95. The topological polar surface area (TPSA) is 20.3 Å². The number of halogens is 1. The average molecular weight is 259 g/mol. The monoisotopic (exact) mass is 259 g/mol. The van der Waals surface area contributed by atoms with Crippen LogP contribution in [0.2, 0.25) is 0 Å². The zero-order chi connectivity index (χ0) is 14.2. The molecule has 0 amide bonds. The van der Waals surface area contributed by atoms with Gasteiger partial charge in [0.05, 0.1) is 0 Å². The van der Waals surface area contributed by atoms with Crippen molar-refractivity contribution < 1.29 is 9.18 Å². The molecule has 0 aromatic heterocycles. The van der Waals surface area contributed by atoms with Gasteiger partial charge in [-0.2, -0.15) is 0 Å². The van der Waals surface area contributed by atoms with Gasteiger partial charge in [0, 0.05) is 29.9 Å². The summed E-state index contributed by atoms with van der Waals surface area (Å²) in [4.78, 5) is 13.9. The first kappa shape index (κ1) is 13.5. The molecule has 1 heterocycles. The number of Topliss-reactive ketones (excluding diaryl/α,β-unsaturated/α-hetero) is 1. The quantitative estimate of drug-likeness (QED) is 0.808. The van der Waals surface area contributed by atoms with Gasteiger partial charge in [-0.15, -0.1) is 0 Å². The Hall–Kier alpha value is -1.90. The summed E-state index contributed by atoms with van der Waals surface area (Å²) in [6, 6.07) is 6.35. The molecule has 1 aromatic rings. The van der Waals surface area contributed by atoms with E-state index >= 15 is 0 Å². The van der Waals surface area contributed by atoms with Gasteiger partial charge in [0.2, 0.25) is 0 Å². The average Bonchev–Trinajstić information content (AvgIpc) is 2.36. The van der Waals surface area contributed by atoms with Crippen molar-refractivity contribution in [2.45, 2.75) is 26.7 Å². The minimum atomic E-state index is -0.262. The van der Waals surface area contributed by atoms with Crippen LogP contribution >= 0.6 is 0 Å². The summed E-state index contributed by atoms with van der Waals surface area (Å²) < 4.78 is 13.0. The van der Waals surface area contributed by atoms with Gasteiger partial charge in [0.25, 0.3) is 0 Å². The Morgan fingerprint density at radius 1 is 1.21 bits per heavy atom. The number of nitrogens with zero attached hydrogens (tertiary/aromatic N) is 1. The van der Waals surface area contributed by atoms with E-state index in [1.807, 2.05) is 25.8 Å². The first-order valence-electron chi connectivity index (χ1n) is 6.31. The molecule has 0 bridgehead atoms. The highest BCUT2D eigenvalue weighted by molar-refractivity contribution is 5.96. The van der Waals surface area contributed by atoms with E-state index in [9.17, 15) is 9.18 Å². The van der Waals surface area contributed by atoms with Crippen LogP contribution in [0.15, 0.2) is 47.3 Å². The van der Waals surface area contributed by atoms with Gasteiger partial charge < -0.3 is 4.90 Å². The highest BCUT2D eigenvalue weighted by Gasteiger charge is 2.26. The molecule has 1 aliphatic heterocycles. The predicted molar refractivity (Wildman–Crippen MR) is 74.0 cm³/mol. The van der Waals surface area contributed by atoms with Gasteiger partial charge in [0.15, 0.2) is 5.78 Å². The van der Waals surface area contributed by atoms with E-state index in [2.05, 4.69) is 6.08 Å². The van der Waals surface area contributed by atoms with Crippen LogP contribution in [0.4, 0.5) is 4.39 Å². The Morgan fingerprint density at radius 3 is 2.32 bits per heavy atom. The fourth-order valence-electron chi connectivity index (χ4n) is 2.51. The molecule has 1 atom stereocenters. The lowest BCUT2D eigenvalue weighted by Gasteiger charge is -2.32. The molecule has 0 N–H and O–H groups in total. The lowest BCUT2D eigenvalue weighted by atomic mass is 9.84. The SMILES string of the molecule is CC(=O)C1=C(C)N(C)C(C)=CC1c1ccc(F)cc1. The minimum Gasteiger partial charge on any atom is -0.352 e. The van der Waals surface area contributed by atoms with Crippen molar-refractivity contribution in [3.63, 3.8) is 0 Å². The molecule has 0 radical (unpaired) electrons. The third-order valence-corrected chi connectivity index (χ3v) is 3.75. The van der Waals surface area contributed by atoms with Crippen LogP contribution in [-0.4, -0.2) is 17.7 Å². The summed E-state index contributed by atoms with van der Waals surface area (Å²) in [6.45, 7) is 5.54. The zero-order valence-corrected chi connectivity index (χ0v) is 11.7. The van der Waals surface area contributed by atoms with E-state index < -0.39 is 0 Å². The van der Waals surface area contributed by atoms with E-state index in [0.717, 1.165) is 22.5 Å². The fraction of sp³-hybridized carbons (Fsp3) is 0.312. The molecule has 1 aliphatic rings. The molecule has 1 aromatic carbocycles. The van der Waals surface area contributed by atoms with Gasteiger partial charge >= 0.3 is 0 Å². The summed E-state index contributed by atoms with van der Waals surface area (Å²) in [5.74, 6) is -0.292. The molecule has 3 heteroatoms. The van der Waals surface area contributed by atoms with Crippen molar-refractivity contribution >= 4 is 5.78 Å². The van der Waals surface area contributed by atoms with Gasteiger partial charge in [-0.3, -0.25) is 4.79 Å². The first-order chi connectivity index (χ1) is 8.91. The molecule has 0 saturated heterocycles. The van der Waals surface area contributed by atoms with Crippen LogP contribution < -0.4 is 0 Å². The Bertz CT molecular complexity index is 569. The van der Waals surface area contributed by atoms with Crippen molar-refractivity contribution in [2.24, 2.45) is 0 Å². The molecule has 100 valence electrons. The normalized spacial score (nSPS) is 19.5. The molecular formula is C16H18FNO. The minimum absolute atomic E-state index is 0.0578.